The van der Waals surface area contributed by atoms with Gasteiger partial charge in [-0.3, -0.25) is 0 Å². The van der Waals surface area contributed by atoms with Gasteiger partial charge in [-0.25, -0.2) is 9.07 Å². The molecule has 0 aliphatic heterocycles. The highest BCUT2D eigenvalue weighted by atomic mass is 19.1. The van der Waals surface area contributed by atoms with Gasteiger partial charge in [-0.2, -0.15) is 5.10 Å². The molecule has 4 heteroatoms. The van der Waals surface area contributed by atoms with Gasteiger partial charge in [-0.1, -0.05) is 6.07 Å². The second-order valence-corrected chi connectivity index (χ2v) is 4.72. The Morgan fingerprint density at radius 3 is 2.47 bits per heavy atom. The predicted molar refractivity (Wildman–Crippen MR) is 74.9 cm³/mol. The largest absolute Gasteiger partial charge is 0.398 e. The Kier molecular flexibility index (Phi) is 2.52. The summed E-state index contributed by atoms with van der Waals surface area (Å²) in [5, 5.41) is 5.30. The minimum absolute atomic E-state index is 0.257. The molecule has 2 N–H and O–H groups in total. The molecular formula is C15H14FN3. The first-order chi connectivity index (χ1) is 9.08. The van der Waals surface area contributed by atoms with Crippen LogP contribution in [0.1, 0.15) is 11.1 Å². The van der Waals surface area contributed by atoms with Gasteiger partial charge in [0.05, 0.1) is 17.4 Å². The van der Waals surface area contributed by atoms with E-state index in [9.17, 15) is 4.39 Å². The van der Waals surface area contributed by atoms with Crippen molar-refractivity contribution in [1.82, 2.24) is 9.78 Å². The molecule has 0 amide bonds. The van der Waals surface area contributed by atoms with Crippen LogP contribution in [0.25, 0.3) is 16.6 Å². The molecule has 0 radical (unpaired) electrons. The van der Waals surface area contributed by atoms with Gasteiger partial charge in [-0.05, 0) is 49.2 Å². The highest BCUT2D eigenvalue weighted by molar-refractivity contribution is 5.94. The van der Waals surface area contributed by atoms with E-state index in [-0.39, 0.29) is 5.82 Å². The monoisotopic (exact) mass is 255 g/mol. The fourth-order valence-electron chi connectivity index (χ4n) is 2.39. The zero-order valence-corrected chi connectivity index (χ0v) is 10.8. The van der Waals surface area contributed by atoms with Crippen molar-refractivity contribution in [3.63, 3.8) is 0 Å². The van der Waals surface area contributed by atoms with Crippen molar-refractivity contribution < 1.29 is 4.39 Å². The van der Waals surface area contributed by atoms with E-state index in [1.807, 2.05) is 19.9 Å². The molecule has 0 fully saturated rings. The number of hydrogen-bond donors (Lipinski definition) is 1. The minimum atomic E-state index is -0.257. The van der Waals surface area contributed by atoms with Crippen LogP contribution in [0.2, 0.25) is 0 Å². The molecule has 1 aromatic heterocycles. The van der Waals surface area contributed by atoms with E-state index in [0.29, 0.717) is 0 Å². The fourth-order valence-corrected chi connectivity index (χ4v) is 2.39. The molecule has 0 bridgehead atoms. The maximum absolute atomic E-state index is 13.0. The molecule has 96 valence electrons. The average molecular weight is 255 g/mol. The van der Waals surface area contributed by atoms with Crippen LogP contribution in [0.4, 0.5) is 10.1 Å². The lowest BCUT2D eigenvalue weighted by Crippen LogP contribution is -1.99. The maximum Gasteiger partial charge on any atom is 0.123 e. The summed E-state index contributed by atoms with van der Waals surface area (Å²) in [4.78, 5) is 0. The first kappa shape index (κ1) is 11.7. The number of aromatic nitrogens is 2. The van der Waals surface area contributed by atoms with Gasteiger partial charge >= 0.3 is 0 Å². The molecule has 1 heterocycles. The van der Waals surface area contributed by atoms with Crippen LogP contribution in [0.15, 0.2) is 36.5 Å². The Balaban J connectivity index is 2.31. The number of hydrogen-bond acceptors (Lipinski definition) is 2. The van der Waals surface area contributed by atoms with Crippen molar-refractivity contribution in [2.24, 2.45) is 0 Å². The lowest BCUT2D eigenvalue weighted by atomic mass is 10.1. The maximum atomic E-state index is 13.0. The Labute approximate surface area is 110 Å². The molecule has 0 aliphatic carbocycles. The summed E-state index contributed by atoms with van der Waals surface area (Å²) >= 11 is 0. The fraction of sp³-hybridized carbons (Fsp3) is 0.133. The van der Waals surface area contributed by atoms with Crippen LogP contribution in [-0.2, 0) is 0 Å². The van der Waals surface area contributed by atoms with E-state index in [4.69, 9.17) is 5.73 Å². The number of nitrogens with zero attached hydrogens (tertiary/aromatic N) is 2. The van der Waals surface area contributed by atoms with Crippen molar-refractivity contribution in [1.29, 1.82) is 0 Å². The van der Waals surface area contributed by atoms with Gasteiger partial charge in [0, 0.05) is 11.1 Å². The van der Waals surface area contributed by atoms with Crippen LogP contribution in [0.5, 0.6) is 0 Å². The zero-order chi connectivity index (χ0) is 13.6. The van der Waals surface area contributed by atoms with Gasteiger partial charge in [0.25, 0.3) is 0 Å². The molecule has 3 aromatic rings. The van der Waals surface area contributed by atoms with E-state index in [0.717, 1.165) is 33.4 Å². The molecule has 0 spiro atoms. The summed E-state index contributed by atoms with van der Waals surface area (Å²) < 4.78 is 14.8. The van der Waals surface area contributed by atoms with Gasteiger partial charge in [0.1, 0.15) is 5.82 Å². The van der Waals surface area contributed by atoms with E-state index in [2.05, 4.69) is 5.10 Å². The first-order valence-electron chi connectivity index (χ1n) is 6.07. The summed E-state index contributed by atoms with van der Waals surface area (Å²) in [5.41, 5.74) is 10.8. The predicted octanol–water partition coefficient (Wildman–Crippen LogP) is 3.36. The highest BCUT2D eigenvalue weighted by Gasteiger charge is 2.12. The number of fused-ring (bicyclic) bond motifs is 1. The minimum Gasteiger partial charge on any atom is -0.398 e. The quantitative estimate of drug-likeness (QED) is 0.677. The van der Waals surface area contributed by atoms with E-state index in [1.165, 1.54) is 12.1 Å². The van der Waals surface area contributed by atoms with E-state index < -0.39 is 0 Å². The SMILES string of the molecule is Cc1cc(C)c2c(cnn2-c2ccc(F)cc2)c1N. The lowest BCUT2D eigenvalue weighted by Gasteiger charge is -2.08. The van der Waals surface area contributed by atoms with Crippen molar-refractivity contribution >= 4 is 16.6 Å². The second kappa shape index (κ2) is 4.09. The zero-order valence-electron chi connectivity index (χ0n) is 10.8. The van der Waals surface area contributed by atoms with Crippen LogP contribution < -0.4 is 5.73 Å². The average Bonchev–Trinajstić information content (AvgIpc) is 2.82. The molecule has 0 saturated heterocycles. The summed E-state index contributed by atoms with van der Waals surface area (Å²) in [6.45, 7) is 4.01. The van der Waals surface area contributed by atoms with E-state index >= 15 is 0 Å². The molecule has 2 aromatic carbocycles. The normalized spacial score (nSPS) is 11.1. The second-order valence-electron chi connectivity index (χ2n) is 4.72. The molecular weight excluding hydrogens is 241 g/mol. The first-order valence-corrected chi connectivity index (χ1v) is 6.07. The number of nitrogen functional groups attached to an aromatic ring is 1. The van der Waals surface area contributed by atoms with Crippen molar-refractivity contribution in [3.8, 4) is 5.69 Å². The third-order valence-corrected chi connectivity index (χ3v) is 3.36. The number of anilines is 1. The summed E-state index contributed by atoms with van der Waals surface area (Å²) in [5.74, 6) is -0.257. The van der Waals surface area contributed by atoms with E-state index in [1.54, 1.807) is 23.0 Å². The van der Waals surface area contributed by atoms with Crippen LogP contribution >= 0.6 is 0 Å². The molecule has 0 unspecified atom stereocenters. The number of aryl methyl sites for hydroxylation is 2. The lowest BCUT2D eigenvalue weighted by molar-refractivity contribution is 0.627. The molecule has 0 saturated carbocycles. The van der Waals surface area contributed by atoms with Gasteiger partial charge < -0.3 is 5.73 Å². The molecule has 3 rings (SSSR count). The topological polar surface area (TPSA) is 43.8 Å². The Bertz CT molecular complexity index is 757. The van der Waals surface area contributed by atoms with Crippen LogP contribution in [-0.4, -0.2) is 9.78 Å². The molecule has 19 heavy (non-hydrogen) atoms. The Morgan fingerprint density at radius 2 is 1.79 bits per heavy atom. The Morgan fingerprint density at radius 1 is 1.11 bits per heavy atom. The third-order valence-electron chi connectivity index (χ3n) is 3.36. The smallest absolute Gasteiger partial charge is 0.123 e. The standard InChI is InChI=1S/C15H14FN3/c1-9-7-10(2)15-13(14(9)17)8-18-19(15)12-5-3-11(16)4-6-12/h3-8H,17H2,1-2H3. The third kappa shape index (κ3) is 1.76. The molecule has 3 nitrogen and oxygen atoms in total. The summed E-state index contributed by atoms with van der Waals surface area (Å²) in [7, 11) is 0. The summed E-state index contributed by atoms with van der Waals surface area (Å²) in [6, 6.07) is 8.30. The van der Waals surface area contributed by atoms with Crippen LogP contribution in [0.3, 0.4) is 0 Å². The van der Waals surface area contributed by atoms with Crippen molar-refractivity contribution in [3.05, 3.63) is 53.5 Å². The number of halogens is 1. The summed E-state index contributed by atoms with van der Waals surface area (Å²) in [6.07, 6.45) is 1.76. The molecule has 0 aliphatic rings. The van der Waals surface area contributed by atoms with Gasteiger partial charge in [0.2, 0.25) is 0 Å². The number of nitrogens with two attached hydrogens (primary N) is 1. The van der Waals surface area contributed by atoms with Crippen molar-refractivity contribution in [2.45, 2.75) is 13.8 Å². The number of rotatable bonds is 1. The Hall–Kier alpha value is -2.36. The van der Waals surface area contributed by atoms with Crippen molar-refractivity contribution in [2.75, 3.05) is 5.73 Å². The van der Waals surface area contributed by atoms with Gasteiger partial charge in [0.15, 0.2) is 0 Å². The number of benzene rings is 2. The van der Waals surface area contributed by atoms with Gasteiger partial charge in [-0.15, -0.1) is 0 Å². The molecule has 0 atom stereocenters. The highest BCUT2D eigenvalue weighted by Crippen LogP contribution is 2.29. The van der Waals surface area contributed by atoms with Crippen LogP contribution in [0, 0.1) is 19.7 Å².